The maximum atomic E-state index is 6.19. The molecule has 1 saturated heterocycles. The second-order valence-electron chi connectivity index (χ2n) is 7.83. The second-order valence-corrected chi connectivity index (χ2v) is 7.83. The molecule has 2 nitrogen and oxygen atoms in total. The van der Waals surface area contributed by atoms with E-state index in [4.69, 9.17) is 4.74 Å². The number of hydrogen-bond acceptors (Lipinski definition) is 2. The molecular formula is C17H35NO. The third kappa shape index (κ3) is 6.27. The first-order valence-electron chi connectivity index (χ1n) is 8.15. The van der Waals surface area contributed by atoms with E-state index < -0.39 is 0 Å². The summed E-state index contributed by atoms with van der Waals surface area (Å²) in [5, 5.41) is 3.65. The Hall–Kier alpha value is -0.0800. The van der Waals surface area contributed by atoms with Crippen molar-refractivity contribution < 1.29 is 4.74 Å². The standard InChI is InChI=1S/C17H35NO/c1-7-9-17(6,13-18-12-14(2)3)11-15-8-10-16(4,5)19-15/h14-15,18H,7-13H2,1-6H3. The van der Waals surface area contributed by atoms with E-state index >= 15 is 0 Å². The predicted molar refractivity (Wildman–Crippen MR) is 83.5 cm³/mol. The molecule has 0 bridgehead atoms. The van der Waals surface area contributed by atoms with Gasteiger partial charge in [0.1, 0.15) is 0 Å². The number of rotatable bonds is 8. The predicted octanol–water partition coefficient (Wildman–Crippen LogP) is 4.39. The van der Waals surface area contributed by atoms with Crippen molar-refractivity contribution >= 4 is 0 Å². The average Bonchev–Trinajstić information content (AvgIpc) is 2.57. The van der Waals surface area contributed by atoms with Gasteiger partial charge in [-0.15, -0.1) is 0 Å². The summed E-state index contributed by atoms with van der Waals surface area (Å²) >= 11 is 0. The summed E-state index contributed by atoms with van der Waals surface area (Å²) in [4.78, 5) is 0. The van der Waals surface area contributed by atoms with E-state index in [1.54, 1.807) is 0 Å². The molecule has 1 N–H and O–H groups in total. The monoisotopic (exact) mass is 269 g/mol. The molecule has 1 rings (SSSR count). The lowest BCUT2D eigenvalue weighted by molar-refractivity contribution is -0.0347. The first-order valence-corrected chi connectivity index (χ1v) is 8.15. The fourth-order valence-electron chi connectivity index (χ4n) is 3.30. The molecule has 0 aliphatic carbocycles. The minimum atomic E-state index is 0.100. The Morgan fingerprint density at radius 1 is 1.37 bits per heavy atom. The van der Waals surface area contributed by atoms with Crippen LogP contribution in [0.1, 0.15) is 73.6 Å². The molecule has 0 aromatic rings. The number of nitrogens with one attached hydrogen (secondary N) is 1. The minimum Gasteiger partial charge on any atom is -0.372 e. The summed E-state index contributed by atoms with van der Waals surface area (Å²) in [6, 6.07) is 0. The van der Waals surface area contributed by atoms with E-state index in [1.165, 1.54) is 32.1 Å². The zero-order valence-electron chi connectivity index (χ0n) is 14.0. The van der Waals surface area contributed by atoms with Crippen LogP contribution >= 0.6 is 0 Å². The van der Waals surface area contributed by atoms with Crippen molar-refractivity contribution in [1.29, 1.82) is 0 Å². The highest BCUT2D eigenvalue weighted by Crippen LogP contribution is 2.37. The van der Waals surface area contributed by atoms with Gasteiger partial charge < -0.3 is 10.1 Å². The van der Waals surface area contributed by atoms with Gasteiger partial charge in [0, 0.05) is 6.54 Å². The van der Waals surface area contributed by atoms with Crippen molar-refractivity contribution in [2.45, 2.75) is 85.4 Å². The molecule has 0 amide bonds. The van der Waals surface area contributed by atoms with Crippen LogP contribution in [-0.4, -0.2) is 24.8 Å². The van der Waals surface area contributed by atoms with Crippen molar-refractivity contribution in [3.8, 4) is 0 Å². The van der Waals surface area contributed by atoms with E-state index in [2.05, 4.69) is 46.9 Å². The van der Waals surface area contributed by atoms with Gasteiger partial charge in [-0.3, -0.25) is 0 Å². The van der Waals surface area contributed by atoms with Crippen LogP contribution in [0.3, 0.4) is 0 Å². The van der Waals surface area contributed by atoms with Crippen molar-refractivity contribution in [3.63, 3.8) is 0 Å². The Labute approximate surface area is 120 Å². The Bertz CT molecular complexity index is 262. The summed E-state index contributed by atoms with van der Waals surface area (Å²) in [7, 11) is 0. The van der Waals surface area contributed by atoms with Gasteiger partial charge in [-0.05, 0) is 57.4 Å². The molecule has 1 heterocycles. The first-order chi connectivity index (χ1) is 8.76. The minimum absolute atomic E-state index is 0.100. The lowest BCUT2D eigenvalue weighted by atomic mass is 9.79. The van der Waals surface area contributed by atoms with Gasteiger partial charge in [0.05, 0.1) is 11.7 Å². The molecular weight excluding hydrogens is 234 g/mol. The van der Waals surface area contributed by atoms with Crippen LogP contribution in [0.5, 0.6) is 0 Å². The highest BCUT2D eigenvalue weighted by atomic mass is 16.5. The van der Waals surface area contributed by atoms with Gasteiger partial charge in [-0.25, -0.2) is 0 Å². The van der Waals surface area contributed by atoms with Gasteiger partial charge >= 0.3 is 0 Å². The quantitative estimate of drug-likeness (QED) is 0.706. The van der Waals surface area contributed by atoms with Crippen molar-refractivity contribution in [2.75, 3.05) is 13.1 Å². The molecule has 1 aliphatic heterocycles. The highest BCUT2D eigenvalue weighted by molar-refractivity contribution is 4.87. The molecule has 0 aromatic heterocycles. The molecule has 0 radical (unpaired) electrons. The van der Waals surface area contributed by atoms with Gasteiger partial charge in [0.15, 0.2) is 0 Å². The molecule has 0 saturated carbocycles. The zero-order valence-corrected chi connectivity index (χ0v) is 14.0. The van der Waals surface area contributed by atoms with E-state index in [-0.39, 0.29) is 5.60 Å². The topological polar surface area (TPSA) is 21.3 Å². The molecule has 114 valence electrons. The van der Waals surface area contributed by atoms with Gasteiger partial charge in [-0.1, -0.05) is 34.1 Å². The summed E-state index contributed by atoms with van der Waals surface area (Å²) in [5.74, 6) is 0.729. The summed E-state index contributed by atoms with van der Waals surface area (Å²) in [6.45, 7) is 16.0. The number of ether oxygens (including phenoxy) is 1. The van der Waals surface area contributed by atoms with Crippen LogP contribution < -0.4 is 5.32 Å². The van der Waals surface area contributed by atoms with E-state index in [9.17, 15) is 0 Å². The molecule has 19 heavy (non-hydrogen) atoms. The van der Waals surface area contributed by atoms with Crippen molar-refractivity contribution in [2.24, 2.45) is 11.3 Å². The average molecular weight is 269 g/mol. The van der Waals surface area contributed by atoms with E-state index in [0.717, 1.165) is 19.0 Å². The molecule has 0 aromatic carbocycles. The summed E-state index contributed by atoms with van der Waals surface area (Å²) in [6.07, 6.45) is 6.66. The van der Waals surface area contributed by atoms with Crippen LogP contribution in [0.2, 0.25) is 0 Å². The maximum Gasteiger partial charge on any atom is 0.0631 e. The SMILES string of the molecule is CCCC(C)(CNCC(C)C)CC1CCC(C)(C)O1. The molecule has 2 atom stereocenters. The van der Waals surface area contributed by atoms with Crippen molar-refractivity contribution in [3.05, 3.63) is 0 Å². The lowest BCUT2D eigenvalue weighted by Gasteiger charge is -2.33. The van der Waals surface area contributed by atoms with Gasteiger partial charge in [0.2, 0.25) is 0 Å². The maximum absolute atomic E-state index is 6.19. The normalized spacial score (nSPS) is 25.7. The molecule has 2 unspecified atom stereocenters. The van der Waals surface area contributed by atoms with Gasteiger partial charge in [-0.2, -0.15) is 0 Å². The molecule has 1 fully saturated rings. The molecule has 1 aliphatic rings. The van der Waals surface area contributed by atoms with E-state index in [1.807, 2.05) is 0 Å². The Morgan fingerprint density at radius 2 is 2.05 bits per heavy atom. The van der Waals surface area contributed by atoms with Crippen molar-refractivity contribution in [1.82, 2.24) is 5.32 Å². The summed E-state index contributed by atoms with van der Waals surface area (Å²) < 4.78 is 6.19. The largest absolute Gasteiger partial charge is 0.372 e. The second kappa shape index (κ2) is 7.08. The Kier molecular flexibility index (Phi) is 6.32. The summed E-state index contributed by atoms with van der Waals surface area (Å²) in [5.41, 5.74) is 0.484. The third-order valence-corrected chi connectivity index (χ3v) is 4.23. The molecule has 2 heteroatoms. The Balaban J connectivity index is 2.46. The highest BCUT2D eigenvalue weighted by Gasteiger charge is 2.36. The van der Waals surface area contributed by atoms with Crippen LogP contribution in [0.15, 0.2) is 0 Å². The van der Waals surface area contributed by atoms with Crippen LogP contribution in [0.25, 0.3) is 0 Å². The van der Waals surface area contributed by atoms with E-state index in [0.29, 0.717) is 11.5 Å². The molecule has 0 spiro atoms. The Morgan fingerprint density at radius 3 is 2.53 bits per heavy atom. The fraction of sp³-hybridized carbons (Fsp3) is 1.00. The van der Waals surface area contributed by atoms with Crippen LogP contribution in [-0.2, 0) is 4.74 Å². The first kappa shape index (κ1) is 17.0. The lowest BCUT2D eigenvalue weighted by Crippen LogP contribution is -2.37. The third-order valence-electron chi connectivity index (χ3n) is 4.23. The smallest absolute Gasteiger partial charge is 0.0631 e. The van der Waals surface area contributed by atoms with Crippen LogP contribution in [0.4, 0.5) is 0 Å². The van der Waals surface area contributed by atoms with Gasteiger partial charge in [0.25, 0.3) is 0 Å². The van der Waals surface area contributed by atoms with Crippen LogP contribution in [0, 0.1) is 11.3 Å². The zero-order chi connectivity index (χ0) is 14.5. The fourth-order valence-corrected chi connectivity index (χ4v) is 3.30. The number of hydrogen-bond donors (Lipinski definition) is 1.